The van der Waals surface area contributed by atoms with Crippen molar-refractivity contribution < 1.29 is 9.53 Å². The minimum Gasteiger partial charge on any atom is -0.465 e. The van der Waals surface area contributed by atoms with Gasteiger partial charge in [-0.05, 0) is 80.0 Å². The van der Waals surface area contributed by atoms with Crippen molar-refractivity contribution in [3.8, 4) is 0 Å². The van der Waals surface area contributed by atoms with Gasteiger partial charge in [-0.1, -0.05) is 32.4 Å². The zero-order valence-electron chi connectivity index (χ0n) is 15.8. The molecule has 0 aromatic carbocycles. The van der Waals surface area contributed by atoms with Crippen molar-refractivity contribution in [3.63, 3.8) is 0 Å². The third kappa shape index (κ3) is 2.24. The van der Waals surface area contributed by atoms with E-state index in [0.29, 0.717) is 23.4 Å². The largest absolute Gasteiger partial charge is 0.465 e. The Morgan fingerprint density at radius 2 is 1.96 bits per heavy atom. The fraction of sp³-hybridized carbons (Fsp3) is 0.864. The van der Waals surface area contributed by atoms with Gasteiger partial charge in [-0.3, -0.25) is 4.79 Å². The van der Waals surface area contributed by atoms with E-state index in [-0.39, 0.29) is 11.4 Å². The van der Waals surface area contributed by atoms with Gasteiger partial charge in [0.1, 0.15) is 0 Å². The highest BCUT2D eigenvalue weighted by atomic mass is 16.5. The van der Waals surface area contributed by atoms with Crippen LogP contribution in [-0.4, -0.2) is 12.6 Å². The Morgan fingerprint density at radius 3 is 2.71 bits per heavy atom. The van der Waals surface area contributed by atoms with E-state index in [4.69, 9.17) is 4.74 Å². The highest BCUT2D eigenvalue weighted by Crippen LogP contribution is 2.72. The smallest absolute Gasteiger partial charge is 0.302 e. The van der Waals surface area contributed by atoms with Crippen LogP contribution in [0.3, 0.4) is 0 Å². The molecule has 0 N–H and O–H groups in total. The van der Waals surface area contributed by atoms with Crippen molar-refractivity contribution in [1.82, 2.24) is 0 Å². The van der Waals surface area contributed by atoms with E-state index in [9.17, 15) is 4.79 Å². The second-order valence-electron chi connectivity index (χ2n) is 10.1. The number of carbonyl (C=O) groups is 1. The minimum atomic E-state index is -0.122. The number of hydrogen-bond acceptors (Lipinski definition) is 2. The summed E-state index contributed by atoms with van der Waals surface area (Å²) >= 11 is 0. The molecule has 6 atom stereocenters. The predicted molar refractivity (Wildman–Crippen MR) is 96.4 cm³/mol. The summed E-state index contributed by atoms with van der Waals surface area (Å²) in [5.74, 6) is 2.26. The molecule has 0 unspecified atom stereocenters. The summed E-state index contributed by atoms with van der Waals surface area (Å²) in [7, 11) is 0. The first-order chi connectivity index (χ1) is 11.3. The number of hydrogen-bond donors (Lipinski definition) is 0. The second-order valence-corrected chi connectivity index (χ2v) is 10.1. The molecule has 1 spiro atoms. The molecule has 0 heterocycles. The van der Waals surface area contributed by atoms with Gasteiger partial charge < -0.3 is 4.74 Å². The molecule has 134 valence electrons. The summed E-state index contributed by atoms with van der Waals surface area (Å²) in [6.07, 6.45) is 12.1. The topological polar surface area (TPSA) is 26.3 Å². The van der Waals surface area contributed by atoms with Gasteiger partial charge in [-0.25, -0.2) is 0 Å². The van der Waals surface area contributed by atoms with Crippen LogP contribution in [0.2, 0.25) is 0 Å². The molecule has 4 aliphatic carbocycles. The van der Waals surface area contributed by atoms with Gasteiger partial charge in [0.05, 0.1) is 6.61 Å². The van der Waals surface area contributed by atoms with Gasteiger partial charge >= 0.3 is 5.97 Å². The summed E-state index contributed by atoms with van der Waals surface area (Å²) in [5.41, 5.74) is 2.72. The molecule has 2 bridgehead atoms. The normalized spacial score (nSPS) is 50.1. The first-order valence-corrected chi connectivity index (χ1v) is 10.1. The first-order valence-electron chi connectivity index (χ1n) is 10.1. The van der Waals surface area contributed by atoms with Gasteiger partial charge in [-0.15, -0.1) is 0 Å². The van der Waals surface area contributed by atoms with E-state index >= 15 is 0 Å². The van der Waals surface area contributed by atoms with Gasteiger partial charge in [0, 0.05) is 12.3 Å². The minimum absolute atomic E-state index is 0.122. The molecular formula is C22H34O2. The molecule has 0 aromatic heterocycles. The lowest BCUT2D eigenvalue weighted by Crippen LogP contribution is -2.57. The average molecular weight is 331 g/mol. The summed E-state index contributed by atoms with van der Waals surface area (Å²) < 4.78 is 5.54. The van der Waals surface area contributed by atoms with Crippen LogP contribution in [0, 0.1) is 34.0 Å². The maximum atomic E-state index is 11.4. The average Bonchev–Trinajstić information content (AvgIpc) is 2.74. The van der Waals surface area contributed by atoms with Gasteiger partial charge in [0.2, 0.25) is 0 Å². The summed E-state index contributed by atoms with van der Waals surface area (Å²) in [4.78, 5) is 11.4. The van der Waals surface area contributed by atoms with Crippen LogP contribution in [0.15, 0.2) is 12.2 Å². The highest BCUT2D eigenvalue weighted by Gasteiger charge is 2.63. The van der Waals surface area contributed by atoms with E-state index in [2.05, 4.69) is 20.4 Å². The standard InChI is InChI=1S/C22H34O2/c1-15-12-22-11-8-18-20(3,14-24-16(2)23)9-5-10-21(18,4)19(22)7-6-17(15)13-22/h17-19H,1,5-14H2,2-4H3/t17-,18-,19+,20+,21-,22-/m1/s1. The van der Waals surface area contributed by atoms with Crippen LogP contribution in [0.5, 0.6) is 0 Å². The molecule has 4 rings (SSSR count). The molecule has 2 nitrogen and oxygen atoms in total. The zero-order valence-corrected chi connectivity index (χ0v) is 15.8. The second kappa shape index (κ2) is 5.35. The van der Waals surface area contributed by atoms with E-state index < -0.39 is 0 Å². The van der Waals surface area contributed by atoms with Crippen LogP contribution in [-0.2, 0) is 9.53 Å². The van der Waals surface area contributed by atoms with E-state index in [1.165, 1.54) is 57.8 Å². The van der Waals surface area contributed by atoms with Gasteiger partial charge in [-0.2, -0.15) is 0 Å². The summed E-state index contributed by atoms with van der Waals surface area (Å²) in [5, 5.41) is 0. The lowest BCUT2D eigenvalue weighted by Gasteiger charge is -2.64. The first kappa shape index (κ1) is 16.7. The van der Waals surface area contributed by atoms with Crippen molar-refractivity contribution in [1.29, 1.82) is 0 Å². The van der Waals surface area contributed by atoms with Crippen molar-refractivity contribution in [2.45, 2.75) is 78.6 Å². The zero-order chi connectivity index (χ0) is 17.2. The third-order valence-electron chi connectivity index (χ3n) is 8.79. The van der Waals surface area contributed by atoms with E-state index in [0.717, 1.165) is 11.8 Å². The molecule has 0 saturated heterocycles. The van der Waals surface area contributed by atoms with Crippen LogP contribution >= 0.6 is 0 Å². The molecule has 0 aromatic rings. The quantitative estimate of drug-likeness (QED) is 0.492. The lowest BCUT2D eigenvalue weighted by atomic mass is 9.41. The molecule has 0 amide bonds. The van der Waals surface area contributed by atoms with Gasteiger partial charge in [0.15, 0.2) is 0 Å². The fourth-order valence-electron chi connectivity index (χ4n) is 7.93. The molecule has 4 aliphatic rings. The predicted octanol–water partition coefficient (Wildman–Crippen LogP) is 5.52. The van der Waals surface area contributed by atoms with Crippen molar-refractivity contribution in [3.05, 3.63) is 12.2 Å². The number of carbonyl (C=O) groups excluding carboxylic acids is 1. The van der Waals surface area contributed by atoms with Crippen LogP contribution < -0.4 is 0 Å². The molecule has 24 heavy (non-hydrogen) atoms. The molecule has 4 fully saturated rings. The van der Waals surface area contributed by atoms with Gasteiger partial charge in [0.25, 0.3) is 0 Å². The molecular weight excluding hydrogens is 296 g/mol. The fourth-order valence-corrected chi connectivity index (χ4v) is 7.93. The molecule has 2 heteroatoms. The number of allylic oxidation sites excluding steroid dienone is 1. The Balaban J connectivity index is 1.64. The number of fused-ring (bicyclic) bond motifs is 3. The maximum absolute atomic E-state index is 11.4. The molecule has 0 aliphatic heterocycles. The maximum Gasteiger partial charge on any atom is 0.302 e. The van der Waals surface area contributed by atoms with Crippen LogP contribution in [0.1, 0.15) is 78.6 Å². The number of ether oxygens (including phenoxy) is 1. The molecule has 0 radical (unpaired) electrons. The Kier molecular flexibility index (Phi) is 3.72. The lowest BCUT2D eigenvalue weighted by molar-refractivity contribution is -0.172. The van der Waals surface area contributed by atoms with Crippen LogP contribution in [0.25, 0.3) is 0 Å². The number of esters is 1. The SMILES string of the molecule is C=C1C[C@@]23CC[C@@H]4[C@](C)(COC(C)=O)CCC[C@@]4(C)[C@@H]2CC[C@@H]1C3. The summed E-state index contributed by atoms with van der Waals surface area (Å²) in [6, 6.07) is 0. The Labute approximate surface area is 147 Å². The third-order valence-corrected chi connectivity index (χ3v) is 8.79. The summed E-state index contributed by atoms with van der Waals surface area (Å²) in [6.45, 7) is 11.6. The van der Waals surface area contributed by atoms with Crippen molar-refractivity contribution in [2.24, 2.45) is 34.0 Å². The monoisotopic (exact) mass is 330 g/mol. The van der Waals surface area contributed by atoms with E-state index in [1.54, 1.807) is 12.5 Å². The van der Waals surface area contributed by atoms with Crippen LogP contribution in [0.4, 0.5) is 0 Å². The Hall–Kier alpha value is -0.790. The molecule has 4 saturated carbocycles. The highest BCUT2D eigenvalue weighted by molar-refractivity contribution is 5.65. The Bertz CT molecular complexity index is 566. The Morgan fingerprint density at radius 1 is 1.17 bits per heavy atom. The van der Waals surface area contributed by atoms with Crippen molar-refractivity contribution >= 4 is 5.97 Å². The van der Waals surface area contributed by atoms with E-state index in [1.807, 2.05) is 0 Å². The van der Waals surface area contributed by atoms with Crippen molar-refractivity contribution in [2.75, 3.05) is 6.61 Å². The number of rotatable bonds is 2.